The molecule has 2 aromatic heterocycles. The largest absolute Gasteiger partial charge is 0.365 e. The Morgan fingerprint density at radius 2 is 2.15 bits per heavy atom. The lowest BCUT2D eigenvalue weighted by Crippen LogP contribution is -2.31. The molecule has 0 saturated heterocycles. The van der Waals surface area contributed by atoms with Crippen LogP contribution in [-0.4, -0.2) is 39.6 Å². The summed E-state index contributed by atoms with van der Waals surface area (Å²) in [6.45, 7) is 9.47. The Kier molecular flexibility index (Phi) is 5.43. The minimum Gasteiger partial charge on any atom is -0.365 e. The number of hydrogen-bond acceptors (Lipinski definition) is 5. The quantitative estimate of drug-likeness (QED) is 0.811. The van der Waals surface area contributed by atoms with Gasteiger partial charge in [0.25, 0.3) is 11.8 Å². The monoisotopic (exact) mass is 375 g/mol. The van der Waals surface area contributed by atoms with Crippen LogP contribution < -0.4 is 11.1 Å². The predicted molar refractivity (Wildman–Crippen MR) is 103 cm³/mol. The van der Waals surface area contributed by atoms with E-state index in [1.54, 1.807) is 10.7 Å². The first-order valence-corrected chi connectivity index (χ1v) is 9.78. The smallest absolute Gasteiger partial charge is 0.276 e. The van der Waals surface area contributed by atoms with Crippen LogP contribution in [0.15, 0.2) is 6.07 Å². The number of aromatic nitrogens is 2. The number of nitrogens with one attached hydrogen (secondary N) is 1. The van der Waals surface area contributed by atoms with Crippen molar-refractivity contribution >= 4 is 28.2 Å². The number of primary amides is 1. The highest BCUT2D eigenvalue weighted by molar-refractivity contribution is 7.17. The highest BCUT2D eigenvalue weighted by atomic mass is 32.1. The second-order valence-corrected chi connectivity index (χ2v) is 7.64. The van der Waals surface area contributed by atoms with Crippen LogP contribution in [0.2, 0.25) is 0 Å². The van der Waals surface area contributed by atoms with Crippen molar-refractivity contribution in [2.45, 2.75) is 46.7 Å². The molecular formula is C18H25N5O2S. The Hall–Kier alpha value is -2.19. The van der Waals surface area contributed by atoms with Crippen LogP contribution >= 0.6 is 11.3 Å². The third kappa shape index (κ3) is 3.52. The molecule has 2 amide bonds. The normalized spacial score (nSPS) is 14.3. The average Bonchev–Trinajstić information content (AvgIpc) is 3.14. The van der Waals surface area contributed by atoms with E-state index in [9.17, 15) is 9.59 Å². The van der Waals surface area contributed by atoms with Crippen LogP contribution in [0.5, 0.6) is 0 Å². The van der Waals surface area contributed by atoms with Crippen molar-refractivity contribution in [3.8, 4) is 0 Å². The molecular weight excluding hydrogens is 350 g/mol. The Balaban J connectivity index is 1.87. The second kappa shape index (κ2) is 7.59. The van der Waals surface area contributed by atoms with Crippen LogP contribution in [0, 0.1) is 6.92 Å². The fourth-order valence-electron chi connectivity index (χ4n) is 3.42. The summed E-state index contributed by atoms with van der Waals surface area (Å²) in [6, 6.07) is 1.75. The van der Waals surface area contributed by atoms with Crippen molar-refractivity contribution in [2.75, 3.05) is 18.4 Å². The van der Waals surface area contributed by atoms with E-state index >= 15 is 0 Å². The Labute approximate surface area is 157 Å². The van der Waals surface area contributed by atoms with Gasteiger partial charge >= 0.3 is 0 Å². The van der Waals surface area contributed by atoms with Crippen molar-refractivity contribution in [1.82, 2.24) is 14.7 Å². The minimum atomic E-state index is -0.489. The van der Waals surface area contributed by atoms with E-state index in [1.807, 2.05) is 13.8 Å². The van der Waals surface area contributed by atoms with Gasteiger partial charge in [-0.1, -0.05) is 6.92 Å². The van der Waals surface area contributed by atoms with Crippen molar-refractivity contribution < 1.29 is 9.59 Å². The summed E-state index contributed by atoms with van der Waals surface area (Å²) in [5.74, 6) is -0.802. The maximum atomic E-state index is 12.6. The zero-order chi connectivity index (χ0) is 18.8. The molecule has 0 unspecified atom stereocenters. The van der Waals surface area contributed by atoms with Gasteiger partial charge < -0.3 is 11.1 Å². The van der Waals surface area contributed by atoms with Gasteiger partial charge in [-0.05, 0) is 44.9 Å². The SMILES string of the molecule is CCCN1CCc2c(sc(NC(=O)c3cc(C)n(CC)n3)c2C(N)=O)C1. The first-order chi connectivity index (χ1) is 12.4. The van der Waals surface area contributed by atoms with Crippen molar-refractivity contribution in [3.63, 3.8) is 0 Å². The standard InChI is InChI=1S/C18H25N5O2S/c1-4-7-22-8-6-12-14(10-22)26-18(15(12)16(19)24)20-17(25)13-9-11(3)23(5-2)21-13/h9H,4-8,10H2,1-3H3,(H2,19,24)(H,20,25). The summed E-state index contributed by atoms with van der Waals surface area (Å²) < 4.78 is 1.77. The molecule has 1 aliphatic rings. The third-order valence-electron chi connectivity index (χ3n) is 4.66. The van der Waals surface area contributed by atoms with Crippen molar-refractivity contribution in [1.29, 1.82) is 0 Å². The molecule has 0 radical (unpaired) electrons. The number of anilines is 1. The zero-order valence-corrected chi connectivity index (χ0v) is 16.3. The maximum absolute atomic E-state index is 12.6. The summed E-state index contributed by atoms with van der Waals surface area (Å²) >= 11 is 1.45. The van der Waals surface area contributed by atoms with Crippen LogP contribution in [0.3, 0.4) is 0 Å². The number of hydrogen-bond donors (Lipinski definition) is 2. The van der Waals surface area contributed by atoms with Gasteiger partial charge in [0, 0.05) is 30.2 Å². The molecule has 0 saturated carbocycles. The predicted octanol–water partition coefficient (Wildman–Crippen LogP) is 2.39. The Morgan fingerprint density at radius 3 is 2.77 bits per heavy atom. The van der Waals surface area contributed by atoms with Gasteiger partial charge in [-0.3, -0.25) is 19.2 Å². The Bertz CT molecular complexity index is 839. The maximum Gasteiger partial charge on any atom is 0.276 e. The van der Waals surface area contributed by atoms with Gasteiger partial charge in [-0.25, -0.2) is 0 Å². The minimum absolute atomic E-state index is 0.313. The lowest BCUT2D eigenvalue weighted by Gasteiger charge is -2.26. The van der Waals surface area contributed by atoms with E-state index in [4.69, 9.17) is 5.73 Å². The third-order valence-corrected chi connectivity index (χ3v) is 5.79. The molecule has 0 aliphatic carbocycles. The summed E-state index contributed by atoms with van der Waals surface area (Å²) in [4.78, 5) is 28.1. The molecule has 140 valence electrons. The lowest BCUT2D eigenvalue weighted by molar-refractivity contribution is 0.1000. The number of aryl methyl sites for hydroxylation is 2. The molecule has 7 nitrogen and oxygen atoms in total. The molecule has 3 rings (SSSR count). The molecule has 1 aliphatic heterocycles. The molecule has 3 heterocycles. The van der Waals surface area contributed by atoms with Gasteiger partial charge in [0.1, 0.15) is 5.00 Å². The van der Waals surface area contributed by atoms with Gasteiger partial charge in [0.2, 0.25) is 0 Å². The summed E-state index contributed by atoms with van der Waals surface area (Å²) in [6.07, 6.45) is 1.87. The molecule has 0 spiro atoms. The summed E-state index contributed by atoms with van der Waals surface area (Å²) in [5, 5.41) is 7.70. The van der Waals surface area contributed by atoms with E-state index in [2.05, 4.69) is 22.2 Å². The second-order valence-electron chi connectivity index (χ2n) is 6.54. The average molecular weight is 375 g/mol. The number of rotatable bonds is 6. The molecule has 0 fully saturated rings. The highest BCUT2D eigenvalue weighted by Crippen LogP contribution is 2.37. The van der Waals surface area contributed by atoms with E-state index in [0.29, 0.717) is 22.8 Å². The van der Waals surface area contributed by atoms with Crippen molar-refractivity contribution in [3.05, 3.63) is 33.5 Å². The number of nitrogens with two attached hydrogens (primary N) is 1. The molecule has 3 N–H and O–H groups in total. The zero-order valence-electron chi connectivity index (χ0n) is 15.5. The number of fused-ring (bicyclic) bond motifs is 1. The molecule has 26 heavy (non-hydrogen) atoms. The van der Waals surface area contributed by atoms with E-state index < -0.39 is 5.91 Å². The fourth-order valence-corrected chi connectivity index (χ4v) is 4.71. The molecule has 0 atom stereocenters. The van der Waals surface area contributed by atoms with E-state index in [-0.39, 0.29) is 5.91 Å². The number of thiophene rings is 1. The van der Waals surface area contributed by atoms with Gasteiger partial charge in [-0.2, -0.15) is 5.10 Å². The van der Waals surface area contributed by atoms with Gasteiger partial charge in [0.05, 0.1) is 5.56 Å². The van der Waals surface area contributed by atoms with Crippen molar-refractivity contribution in [2.24, 2.45) is 5.73 Å². The molecule has 8 heteroatoms. The van der Waals surface area contributed by atoms with Crippen LogP contribution in [0.25, 0.3) is 0 Å². The van der Waals surface area contributed by atoms with Crippen LogP contribution in [0.4, 0.5) is 5.00 Å². The van der Waals surface area contributed by atoms with Crippen LogP contribution in [0.1, 0.15) is 57.2 Å². The molecule has 2 aromatic rings. The Morgan fingerprint density at radius 1 is 1.38 bits per heavy atom. The van der Waals surface area contributed by atoms with E-state index in [0.717, 1.165) is 48.6 Å². The number of carbonyl (C=O) groups excluding carboxylic acids is 2. The van der Waals surface area contributed by atoms with Gasteiger partial charge in [0.15, 0.2) is 5.69 Å². The number of carbonyl (C=O) groups is 2. The summed E-state index contributed by atoms with van der Waals surface area (Å²) in [7, 11) is 0. The molecule has 0 bridgehead atoms. The molecule has 0 aromatic carbocycles. The lowest BCUT2D eigenvalue weighted by atomic mass is 10.0. The van der Waals surface area contributed by atoms with Crippen LogP contribution in [-0.2, 0) is 19.5 Å². The fraction of sp³-hybridized carbons (Fsp3) is 0.500. The van der Waals surface area contributed by atoms with Gasteiger partial charge in [-0.15, -0.1) is 11.3 Å². The highest BCUT2D eigenvalue weighted by Gasteiger charge is 2.28. The first kappa shape index (κ1) is 18.6. The summed E-state index contributed by atoms with van der Waals surface area (Å²) in [5.41, 5.74) is 8.34. The first-order valence-electron chi connectivity index (χ1n) is 8.97. The topological polar surface area (TPSA) is 93.2 Å². The van der Waals surface area contributed by atoms with E-state index in [1.165, 1.54) is 11.3 Å². The number of nitrogens with zero attached hydrogens (tertiary/aromatic N) is 3. The number of amides is 2.